The molecule has 140 valence electrons. The van der Waals surface area contributed by atoms with Crippen LogP contribution in [-0.4, -0.2) is 25.2 Å². The van der Waals surface area contributed by atoms with Crippen LogP contribution in [0.5, 0.6) is 11.5 Å². The van der Waals surface area contributed by atoms with E-state index in [-0.39, 0.29) is 6.42 Å². The zero-order valence-electron chi connectivity index (χ0n) is 14.6. The zero-order valence-corrected chi connectivity index (χ0v) is 16.2. The molecule has 8 heteroatoms. The lowest BCUT2D eigenvalue weighted by molar-refractivity contribution is -0.304. The van der Waals surface area contributed by atoms with Gasteiger partial charge in [-0.05, 0) is 30.3 Å². The van der Waals surface area contributed by atoms with Gasteiger partial charge in [-0.1, -0.05) is 23.7 Å². The number of aliphatic carboxylic acids is 1. The molecule has 1 N–H and O–H groups in total. The maximum absolute atomic E-state index is 11.2. The number of carboxylic acids is 1. The van der Waals surface area contributed by atoms with E-state index < -0.39 is 5.97 Å². The number of hydrogen-bond donors (Lipinski definition) is 1. The average molecular weight is 404 g/mol. The molecular formula is C19H16ClN2O4S-. The lowest BCUT2D eigenvalue weighted by atomic mass is 10.1. The largest absolute Gasteiger partial charge is 0.550 e. The maximum atomic E-state index is 11.2. The van der Waals surface area contributed by atoms with Crippen LogP contribution in [0.1, 0.15) is 4.88 Å². The molecule has 3 rings (SSSR count). The summed E-state index contributed by atoms with van der Waals surface area (Å²) < 4.78 is 10.7. The Bertz CT molecular complexity index is 974. The molecule has 0 fully saturated rings. The van der Waals surface area contributed by atoms with Gasteiger partial charge in [-0.2, -0.15) is 0 Å². The first-order chi connectivity index (χ1) is 13.0. The number of benzene rings is 2. The Morgan fingerprint density at radius 3 is 2.67 bits per heavy atom. The second kappa shape index (κ2) is 8.28. The van der Waals surface area contributed by atoms with Crippen molar-refractivity contribution in [2.75, 3.05) is 19.5 Å². The minimum atomic E-state index is -1.19. The molecular weight excluding hydrogens is 388 g/mol. The molecule has 2 aromatic carbocycles. The van der Waals surface area contributed by atoms with Crippen molar-refractivity contribution < 1.29 is 19.4 Å². The van der Waals surface area contributed by atoms with Crippen LogP contribution in [0.3, 0.4) is 0 Å². The molecule has 0 saturated heterocycles. The van der Waals surface area contributed by atoms with E-state index in [1.165, 1.54) is 11.3 Å². The number of anilines is 2. The van der Waals surface area contributed by atoms with Crippen molar-refractivity contribution in [2.45, 2.75) is 6.42 Å². The van der Waals surface area contributed by atoms with Crippen molar-refractivity contribution in [2.24, 2.45) is 0 Å². The molecule has 0 radical (unpaired) electrons. The monoisotopic (exact) mass is 403 g/mol. The first-order valence-corrected chi connectivity index (χ1v) is 9.14. The van der Waals surface area contributed by atoms with Crippen molar-refractivity contribution in [1.82, 2.24) is 4.98 Å². The molecule has 0 unspecified atom stereocenters. The van der Waals surface area contributed by atoms with Crippen LogP contribution in [0.4, 0.5) is 10.8 Å². The van der Waals surface area contributed by atoms with Gasteiger partial charge < -0.3 is 24.7 Å². The second-order valence-electron chi connectivity index (χ2n) is 5.51. The van der Waals surface area contributed by atoms with Crippen molar-refractivity contribution >= 4 is 39.7 Å². The molecule has 27 heavy (non-hydrogen) atoms. The van der Waals surface area contributed by atoms with Gasteiger partial charge in [0.05, 0.1) is 30.6 Å². The lowest BCUT2D eigenvalue weighted by Gasteiger charge is -2.10. The number of ether oxygens (including phenoxy) is 2. The van der Waals surface area contributed by atoms with Crippen LogP contribution >= 0.6 is 22.9 Å². The molecule has 0 atom stereocenters. The fourth-order valence-electron chi connectivity index (χ4n) is 2.54. The number of carbonyl (C=O) groups is 1. The van der Waals surface area contributed by atoms with Gasteiger partial charge in [0.15, 0.2) is 5.13 Å². The van der Waals surface area contributed by atoms with E-state index in [0.29, 0.717) is 43.5 Å². The smallest absolute Gasteiger partial charge is 0.188 e. The number of carbonyl (C=O) groups excluding carboxylic acids is 1. The number of aromatic nitrogens is 1. The second-order valence-corrected chi connectivity index (χ2v) is 7.00. The van der Waals surface area contributed by atoms with E-state index in [1.807, 2.05) is 18.2 Å². The molecule has 0 saturated carbocycles. The Morgan fingerprint density at radius 2 is 2.00 bits per heavy atom. The molecule has 0 amide bonds. The first kappa shape index (κ1) is 19.0. The Kier molecular flexibility index (Phi) is 5.83. The van der Waals surface area contributed by atoms with Gasteiger partial charge in [0.2, 0.25) is 0 Å². The van der Waals surface area contributed by atoms with Crippen molar-refractivity contribution in [1.29, 1.82) is 0 Å². The highest BCUT2D eigenvalue weighted by molar-refractivity contribution is 7.16. The standard InChI is InChI=1S/C19H17ClN2O4S/c1-25-11-7-8-15(26-2)12(9-11)18-16(10-17(23)24)27-19(22-18)21-14-6-4-3-5-13(14)20/h3-9H,10H2,1-2H3,(H,21,22)(H,23,24)/p-1. The van der Waals surface area contributed by atoms with Crippen LogP contribution in [-0.2, 0) is 11.2 Å². The highest BCUT2D eigenvalue weighted by atomic mass is 35.5. The van der Waals surface area contributed by atoms with Gasteiger partial charge in [-0.25, -0.2) is 4.98 Å². The molecule has 0 spiro atoms. The van der Waals surface area contributed by atoms with E-state index in [1.54, 1.807) is 38.5 Å². The van der Waals surface area contributed by atoms with Crippen LogP contribution in [0, 0.1) is 0 Å². The van der Waals surface area contributed by atoms with Crippen LogP contribution in [0.15, 0.2) is 42.5 Å². The number of halogens is 1. The summed E-state index contributed by atoms with van der Waals surface area (Å²) in [5.41, 5.74) is 1.81. The molecule has 1 aromatic heterocycles. The molecule has 0 aliphatic heterocycles. The van der Waals surface area contributed by atoms with E-state index in [0.717, 1.165) is 0 Å². The van der Waals surface area contributed by atoms with Gasteiger partial charge in [0.1, 0.15) is 11.5 Å². The summed E-state index contributed by atoms with van der Waals surface area (Å²) in [6.07, 6.45) is -0.266. The predicted octanol–water partition coefficient (Wildman–Crippen LogP) is 3.52. The first-order valence-electron chi connectivity index (χ1n) is 7.95. The molecule has 1 heterocycles. The normalized spacial score (nSPS) is 10.5. The summed E-state index contributed by atoms with van der Waals surface area (Å²) >= 11 is 7.40. The average Bonchev–Trinajstić information content (AvgIpc) is 3.04. The number of nitrogens with one attached hydrogen (secondary N) is 1. The van der Waals surface area contributed by atoms with Gasteiger partial charge in [-0.3, -0.25) is 0 Å². The zero-order chi connectivity index (χ0) is 19.4. The fraction of sp³-hybridized carbons (Fsp3) is 0.158. The molecule has 6 nitrogen and oxygen atoms in total. The summed E-state index contributed by atoms with van der Waals surface area (Å²) in [6.45, 7) is 0. The summed E-state index contributed by atoms with van der Waals surface area (Å²) in [4.78, 5) is 16.3. The third kappa shape index (κ3) is 4.32. The third-order valence-corrected chi connectivity index (χ3v) is 5.08. The number of hydrogen-bond acceptors (Lipinski definition) is 7. The van der Waals surface area contributed by atoms with Gasteiger partial charge >= 0.3 is 0 Å². The summed E-state index contributed by atoms with van der Waals surface area (Å²) in [5, 5.41) is 15.4. The third-order valence-electron chi connectivity index (χ3n) is 3.78. The molecule has 0 bridgehead atoms. The summed E-state index contributed by atoms with van der Waals surface area (Å²) in [5.74, 6) is -0.0186. The number of thiazole rings is 1. The van der Waals surface area contributed by atoms with Crippen LogP contribution < -0.4 is 19.9 Å². The minimum Gasteiger partial charge on any atom is -0.550 e. The Labute approximate surface area is 165 Å². The number of carboxylic acid groups (broad SMARTS) is 1. The predicted molar refractivity (Wildman–Crippen MR) is 104 cm³/mol. The summed E-state index contributed by atoms with van der Waals surface area (Å²) in [7, 11) is 3.10. The van der Waals surface area contributed by atoms with Crippen molar-refractivity contribution in [3.05, 3.63) is 52.4 Å². The molecule has 0 aliphatic rings. The molecule has 0 aliphatic carbocycles. The quantitative estimate of drug-likeness (QED) is 0.649. The van der Waals surface area contributed by atoms with Crippen molar-refractivity contribution in [3.63, 3.8) is 0 Å². The highest BCUT2D eigenvalue weighted by Crippen LogP contribution is 2.39. The number of para-hydroxylation sites is 1. The van der Waals surface area contributed by atoms with Crippen LogP contribution in [0.2, 0.25) is 5.02 Å². The van der Waals surface area contributed by atoms with E-state index >= 15 is 0 Å². The van der Waals surface area contributed by atoms with Gasteiger partial charge in [-0.15, -0.1) is 11.3 Å². The Balaban J connectivity index is 2.08. The summed E-state index contributed by atoms with van der Waals surface area (Å²) in [6, 6.07) is 12.5. The van der Waals surface area contributed by atoms with Crippen molar-refractivity contribution in [3.8, 4) is 22.8 Å². The SMILES string of the molecule is COc1ccc(OC)c(-c2nc(Nc3ccccc3Cl)sc2CC(=O)[O-])c1. The van der Waals surface area contributed by atoms with E-state index in [9.17, 15) is 9.90 Å². The Morgan fingerprint density at radius 1 is 1.22 bits per heavy atom. The van der Waals surface area contributed by atoms with Gasteiger partial charge in [0, 0.05) is 22.8 Å². The fourth-order valence-corrected chi connectivity index (χ4v) is 3.70. The minimum absolute atomic E-state index is 0.266. The number of rotatable bonds is 7. The van der Waals surface area contributed by atoms with Crippen LogP contribution in [0.25, 0.3) is 11.3 Å². The maximum Gasteiger partial charge on any atom is 0.188 e. The number of methoxy groups -OCH3 is 2. The number of nitrogens with zero attached hydrogens (tertiary/aromatic N) is 1. The Hall–Kier alpha value is -2.77. The topological polar surface area (TPSA) is 83.5 Å². The van der Waals surface area contributed by atoms with E-state index in [4.69, 9.17) is 21.1 Å². The highest BCUT2D eigenvalue weighted by Gasteiger charge is 2.18. The molecule has 3 aromatic rings. The van der Waals surface area contributed by atoms with Gasteiger partial charge in [0.25, 0.3) is 0 Å². The lowest BCUT2D eigenvalue weighted by Crippen LogP contribution is -2.24. The van der Waals surface area contributed by atoms with E-state index in [2.05, 4.69) is 10.3 Å².